The molecule has 0 aliphatic carbocycles. The maximum Gasteiger partial charge on any atom is 0.336 e. The summed E-state index contributed by atoms with van der Waals surface area (Å²) in [7, 11) is 1.61. The molecule has 4 rings (SSSR count). The summed E-state index contributed by atoms with van der Waals surface area (Å²) in [6, 6.07) is 15.8. The van der Waals surface area contributed by atoms with Crippen molar-refractivity contribution in [1.82, 2.24) is 4.90 Å². The fraction of sp³-hybridized carbons (Fsp3) is 0.250. The van der Waals surface area contributed by atoms with Gasteiger partial charge in [0.15, 0.2) is 0 Å². The zero-order chi connectivity index (χ0) is 16.5. The molecule has 3 aromatic rings. The van der Waals surface area contributed by atoms with E-state index in [1.54, 1.807) is 19.2 Å². The zero-order valence-electron chi connectivity index (χ0n) is 13.6. The van der Waals surface area contributed by atoms with Crippen LogP contribution in [0, 0.1) is 0 Å². The van der Waals surface area contributed by atoms with Crippen molar-refractivity contribution in [2.24, 2.45) is 0 Å². The first-order valence-corrected chi connectivity index (χ1v) is 8.13. The zero-order valence-corrected chi connectivity index (χ0v) is 13.6. The molecule has 2 aromatic carbocycles. The first kappa shape index (κ1) is 15.0. The maximum absolute atomic E-state index is 11.9. The number of methoxy groups -OCH3 is 1. The van der Waals surface area contributed by atoms with Crippen LogP contribution in [0.15, 0.2) is 57.7 Å². The molecule has 0 spiro atoms. The van der Waals surface area contributed by atoms with E-state index in [0.717, 1.165) is 37.0 Å². The predicted octanol–water partition coefficient (Wildman–Crippen LogP) is 3.36. The third-order valence-corrected chi connectivity index (χ3v) is 4.64. The summed E-state index contributed by atoms with van der Waals surface area (Å²) in [5.41, 5.74) is 4.06. The van der Waals surface area contributed by atoms with Crippen LogP contribution in [0.1, 0.15) is 16.7 Å². The van der Waals surface area contributed by atoms with E-state index < -0.39 is 0 Å². The van der Waals surface area contributed by atoms with E-state index in [2.05, 4.69) is 29.2 Å². The van der Waals surface area contributed by atoms with Crippen LogP contribution >= 0.6 is 0 Å². The maximum atomic E-state index is 11.9. The molecule has 0 radical (unpaired) electrons. The minimum Gasteiger partial charge on any atom is -0.497 e. The molecule has 0 saturated heterocycles. The van der Waals surface area contributed by atoms with Gasteiger partial charge in [0.25, 0.3) is 0 Å². The Morgan fingerprint density at radius 1 is 1.12 bits per heavy atom. The van der Waals surface area contributed by atoms with E-state index in [1.165, 1.54) is 11.1 Å². The summed E-state index contributed by atoms with van der Waals surface area (Å²) in [4.78, 5) is 14.3. The van der Waals surface area contributed by atoms with Gasteiger partial charge in [0.1, 0.15) is 11.3 Å². The van der Waals surface area contributed by atoms with Gasteiger partial charge in [-0.1, -0.05) is 24.3 Å². The molecule has 0 fully saturated rings. The average Bonchev–Trinajstić information content (AvgIpc) is 2.61. The largest absolute Gasteiger partial charge is 0.497 e. The van der Waals surface area contributed by atoms with Gasteiger partial charge in [-0.3, -0.25) is 4.90 Å². The Kier molecular flexibility index (Phi) is 3.82. The lowest BCUT2D eigenvalue weighted by molar-refractivity contribution is 0.246. The van der Waals surface area contributed by atoms with Gasteiger partial charge in [0.05, 0.1) is 7.11 Å². The van der Waals surface area contributed by atoms with Gasteiger partial charge >= 0.3 is 5.63 Å². The summed E-state index contributed by atoms with van der Waals surface area (Å²) in [5.74, 6) is 0.690. The Balaban J connectivity index is 1.66. The highest BCUT2D eigenvalue weighted by molar-refractivity contribution is 5.81. The van der Waals surface area contributed by atoms with Crippen LogP contribution in [0.25, 0.3) is 11.0 Å². The van der Waals surface area contributed by atoms with Crippen LogP contribution in [0.4, 0.5) is 0 Å². The smallest absolute Gasteiger partial charge is 0.336 e. The van der Waals surface area contributed by atoms with Crippen molar-refractivity contribution >= 4 is 11.0 Å². The molecule has 4 nitrogen and oxygen atoms in total. The van der Waals surface area contributed by atoms with Crippen LogP contribution in [-0.4, -0.2) is 18.6 Å². The van der Waals surface area contributed by atoms with Gasteiger partial charge in [-0.2, -0.15) is 0 Å². The number of hydrogen-bond acceptors (Lipinski definition) is 4. The molecule has 24 heavy (non-hydrogen) atoms. The molecule has 0 unspecified atom stereocenters. The number of nitrogens with zero attached hydrogens (tertiary/aromatic N) is 1. The molecule has 0 amide bonds. The standard InChI is InChI=1S/C20H19NO3/c1-23-17-6-7-18-16(10-20(22)24-19(18)11-17)13-21-9-8-14-4-2-3-5-15(14)12-21/h2-7,10-11H,8-9,12-13H2,1H3. The highest BCUT2D eigenvalue weighted by Crippen LogP contribution is 2.25. The van der Waals surface area contributed by atoms with E-state index in [4.69, 9.17) is 9.15 Å². The quantitative estimate of drug-likeness (QED) is 0.694. The number of rotatable bonds is 3. The fourth-order valence-corrected chi connectivity index (χ4v) is 3.40. The lowest BCUT2D eigenvalue weighted by Crippen LogP contribution is -2.30. The molecule has 0 N–H and O–H groups in total. The second-order valence-corrected chi connectivity index (χ2v) is 6.18. The van der Waals surface area contributed by atoms with Crippen LogP contribution in [0.5, 0.6) is 5.75 Å². The van der Waals surface area contributed by atoms with Crippen LogP contribution < -0.4 is 10.4 Å². The Morgan fingerprint density at radius 2 is 1.96 bits per heavy atom. The third-order valence-electron chi connectivity index (χ3n) is 4.64. The highest BCUT2D eigenvalue weighted by Gasteiger charge is 2.17. The molecule has 0 atom stereocenters. The number of benzene rings is 2. The average molecular weight is 321 g/mol. The highest BCUT2D eigenvalue weighted by atomic mass is 16.5. The van der Waals surface area contributed by atoms with Crippen LogP contribution in [-0.2, 0) is 19.5 Å². The Morgan fingerprint density at radius 3 is 2.79 bits per heavy atom. The van der Waals surface area contributed by atoms with E-state index in [1.807, 2.05) is 12.1 Å². The van der Waals surface area contributed by atoms with Crippen molar-refractivity contribution in [3.63, 3.8) is 0 Å². The van der Waals surface area contributed by atoms with Gasteiger partial charge in [-0.25, -0.2) is 4.79 Å². The van der Waals surface area contributed by atoms with E-state index >= 15 is 0 Å². The van der Waals surface area contributed by atoms with Crippen molar-refractivity contribution in [1.29, 1.82) is 0 Å². The monoisotopic (exact) mass is 321 g/mol. The summed E-state index contributed by atoms with van der Waals surface area (Å²) < 4.78 is 10.6. The van der Waals surface area contributed by atoms with Gasteiger partial charge in [-0.15, -0.1) is 0 Å². The molecule has 122 valence electrons. The lowest BCUT2D eigenvalue weighted by Gasteiger charge is -2.28. The molecule has 2 heterocycles. The summed E-state index contributed by atoms with van der Waals surface area (Å²) in [6.07, 6.45) is 1.05. The molecule has 0 bridgehead atoms. The SMILES string of the molecule is COc1ccc2c(CN3CCc4ccccc4C3)cc(=O)oc2c1. The minimum atomic E-state index is -0.317. The van der Waals surface area contributed by atoms with Crippen molar-refractivity contribution in [3.8, 4) is 5.75 Å². The van der Waals surface area contributed by atoms with Crippen LogP contribution in [0.3, 0.4) is 0 Å². The van der Waals surface area contributed by atoms with E-state index in [0.29, 0.717) is 11.3 Å². The predicted molar refractivity (Wildman–Crippen MR) is 93.3 cm³/mol. The number of hydrogen-bond donors (Lipinski definition) is 0. The van der Waals surface area contributed by atoms with Gasteiger partial charge < -0.3 is 9.15 Å². The second-order valence-electron chi connectivity index (χ2n) is 6.18. The first-order chi connectivity index (χ1) is 11.7. The topological polar surface area (TPSA) is 42.7 Å². The molecule has 1 aliphatic rings. The van der Waals surface area contributed by atoms with Crippen molar-refractivity contribution in [2.45, 2.75) is 19.5 Å². The van der Waals surface area contributed by atoms with E-state index in [-0.39, 0.29) is 5.63 Å². The summed E-state index contributed by atoms with van der Waals surface area (Å²) in [6.45, 7) is 2.64. The van der Waals surface area contributed by atoms with Crippen LogP contribution in [0.2, 0.25) is 0 Å². The Bertz CT molecular complexity index is 945. The first-order valence-electron chi connectivity index (χ1n) is 8.13. The number of fused-ring (bicyclic) bond motifs is 2. The second kappa shape index (κ2) is 6.13. The molecule has 1 aromatic heterocycles. The van der Waals surface area contributed by atoms with Crippen molar-refractivity contribution < 1.29 is 9.15 Å². The Labute approximate surface area is 140 Å². The fourth-order valence-electron chi connectivity index (χ4n) is 3.40. The molecule has 1 aliphatic heterocycles. The normalized spacial score (nSPS) is 14.5. The third kappa shape index (κ3) is 2.81. The summed E-state index contributed by atoms with van der Waals surface area (Å²) >= 11 is 0. The van der Waals surface area contributed by atoms with Crippen molar-refractivity contribution in [3.05, 3.63) is 75.6 Å². The molecular weight excluding hydrogens is 302 g/mol. The van der Waals surface area contributed by atoms with Gasteiger partial charge in [0.2, 0.25) is 0 Å². The van der Waals surface area contributed by atoms with Gasteiger partial charge in [0, 0.05) is 37.2 Å². The Hall–Kier alpha value is -2.59. The molecular formula is C20H19NO3. The molecule has 0 saturated carbocycles. The van der Waals surface area contributed by atoms with Crippen molar-refractivity contribution in [2.75, 3.05) is 13.7 Å². The minimum absolute atomic E-state index is 0.317. The summed E-state index contributed by atoms with van der Waals surface area (Å²) in [5, 5.41) is 0.967. The lowest BCUT2D eigenvalue weighted by atomic mass is 9.99. The molecule has 4 heteroatoms. The van der Waals surface area contributed by atoms with Gasteiger partial charge in [-0.05, 0) is 35.2 Å². The number of ether oxygens (including phenoxy) is 1. The van der Waals surface area contributed by atoms with E-state index in [9.17, 15) is 4.79 Å².